The van der Waals surface area contributed by atoms with Crippen LogP contribution in [0.4, 0.5) is 23.2 Å². The molecule has 2 bridgehead atoms. The lowest BCUT2D eigenvalue weighted by molar-refractivity contribution is -0.295. The Morgan fingerprint density at radius 3 is 2.24 bits per heavy atom. The molecule has 2 aromatic rings. The second kappa shape index (κ2) is 11.0. The molecule has 8 nitrogen and oxygen atoms in total. The summed E-state index contributed by atoms with van der Waals surface area (Å²) < 4.78 is 72.7. The first-order chi connectivity index (χ1) is 21.2. The van der Waals surface area contributed by atoms with Gasteiger partial charge in [-0.15, -0.1) is 0 Å². The van der Waals surface area contributed by atoms with Crippen LogP contribution in [-0.4, -0.2) is 57.8 Å². The van der Waals surface area contributed by atoms with Gasteiger partial charge in [0.1, 0.15) is 0 Å². The lowest BCUT2D eigenvalue weighted by atomic mass is 9.55. The van der Waals surface area contributed by atoms with E-state index in [2.05, 4.69) is 10.1 Å². The summed E-state index contributed by atoms with van der Waals surface area (Å²) in [6.45, 7) is 10.8. The van der Waals surface area contributed by atoms with E-state index in [1.165, 1.54) is 13.8 Å². The summed E-state index contributed by atoms with van der Waals surface area (Å²) in [5, 5.41) is 14.3. The van der Waals surface area contributed by atoms with E-state index < -0.39 is 60.4 Å². The Labute approximate surface area is 267 Å². The van der Waals surface area contributed by atoms with Crippen molar-refractivity contribution in [3.8, 4) is 0 Å². The van der Waals surface area contributed by atoms with Crippen LogP contribution >= 0.6 is 0 Å². The maximum Gasteiger partial charge on any atom is 0.494 e. The van der Waals surface area contributed by atoms with Crippen molar-refractivity contribution in [3.05, 3.63) is 36.0 Å². The zero-order valence-electron chi connectivity index (χ0n) is 27.4. The van der Waals surface area contributed by atoms with Crippen molar-refractivity contribution in [2.75, 3.05) is 11.4 Å². The number of rotatable bonds is 8. The van der Waals surface area contributed by atoms with Crippen molar-refractivity contribution in [1.29, 1.82) is 0 Å². The minimum Gasteiger partial charge on any atom is -0.399 e. The molecule has 7 rings (SSSR count). The van der Waals surface area contributed by atoms with Gasteiger partial charge in [-0.2, -0.15) is 18.2 Å². The highest BCUT2D eigenvalue weighted by molar-refractivity contribution is 6.62. The summed E-state index contributed by atoms with van der Waals surface area (Å²) in [5.74, 6) is -0.276. The fraction of sp³-hybridized carbons (Fsp3) is 0.727. The molecule has 0 radical (unpaired) electrons. The second-order valence-electron chi connectivity index (χ2n) is 15.6. The number of nitrogens with zero attached hydrogens (tertiary/aromatic N) is 3. The first-order valence-corrected chi connectivity index (χ1v) is 16.3. The molecule has 5 fully saturated rings. The summed E-state index contributed by atoms with van der Waals surface area (Å²) >= 11 is 0. The Morgan fingerprint density at radius 2 is 1.67 bits per heavy atom. The lowest BCUT2D eigenvalue weighted by Crippen LogP contribution is -2.59. The zero-order valence-corrected chi connectivity index (χ0v) is 27.4. The highest BCUT2D eigenvalue weighted by Gasteiger charge is 2.63. The largest absolute Gasteiger partial charge is 0.494 e. The third kappa shape index (κ3) is 5.78. The number of amides is 1. The number of fused-ring (bicyclic) bond motifs is 3. The Kier molecular flexibility index (Phi) is 8.00. The number of benzene rings is 1. The van der Waals surface area contributed by atoms with E-state index in [9.17, 15) is 27.5 Å². The van der Waals surface area contributed by atoms with Crippen molar-refractivity contribution in [1.82, 2.24) is 10.1 Å². The van der Waals surface area contributed by atoms with Crippen LogP contribution in [0.25, 0.3) is 0 Å². The van der Waals surface area contributed by atoms with Gasteiger partial charge in [0, 0.05) is 23.6 Å². The van der Waals surface area contributed by atoms with Crippen molar-refractivity contribution in [3.63, 3.8) is 0 Å². The Balaban J connectivity index is 1.24. The summed E-state index contributed by atoms with van der Waals surface area (Å²) in [7, 11) is -0.677. The number of carbonyl (C=O) groups is 1. The highest BCUT2D eigenvalue weighted by atomic mass is 19.4. The first kappa shape index (κ1) is 33.4. The molecular formula is C33H44BF4N3O5. The summed E-state index contributed by atoms with van der Waals surface area (Å²) in [6.07, 6.45) is -1.11. The number of aliphatic hydroxyl groups is 1. The van der Waals surface area contributed by atoms with Crippen LogP contribution in [0.5, 0.6) is 0 Å². The molecule has 13 heteroatoms. The molecule has 0 spiro atoms. The SMILES string of the molecule is CC(C)(F)c1nc(C23CCC(CC2)C(CCN(C(=O)C2CC(O)(C(F)(F)F)C2)c2cccc(B4OC(C)(C)C(C)(C)O4)c2)C3)no1. The summed E-state index contributed by atoms with van der Waals surface area (Å²) in [5.41, 5.74) is -4.84. The lowest BCUT2D eigenvalue weighted by Gasteiger charge is -2.50. The van der Waals surface area contributed by atoms with Crippen molar-refractivity contribution >= 4 is 24.2 Å². The van der Waals surface area contributed by atoms with Crippen LogP contribution in [-0.2, 0) is 25.2 Å². The molecule has 2 heterocycles. The molecule has 252 valence electrons. The van der Waals surface area contributed by atoms with Crippen LogP contribution in [0.1, 0.15) is 105 Å². The van der Waals surface area contributed by atoms with E-state index in [4.69, 9.17) is 13.8 Å². The van der Waals surface area contributed by atoms with E-state index in [1.54, 1.807) is 17.0 Å². The fourth-order valence-electron chi connectivity index (χ4n) is 7.73. The van der Waals surface area contributed by atoms with Gasteiger partial charge in [-0.3, -0.25) is 4.79 Å². The van der Waals surface area contributed by atoms with Gasteiger partial charge >= 0.3 is 13.3 Å². The summed E-state index contributed by atoms with van der Waals surface area (Å²) in [6, 6.07) is 7.22. The first-order valence-electron chi connectivity index (χ1n) is 16.3. The molecule has 1 aromatic heterocycles. The molecule has 4 saturated carbocycles. The number of anilines is 1. The molecule has 1 saturated heterocycles. The molecule has 1 atom stereocenters. The van der Waals surface area contributed by atoms with Gasteiger partial charge in [0.25, 0.3) is 5.89 Å². The van der Waals surface area contributed by atoms with Gasteiger partial charge in [0.15, 0.2) is 17.1 Å². The average molecular weight is 650 g/mol. The van der Waals surface area contributed by atoms with Gasteiger partial charge in [0.05, 0.1) is 11.2 Å². The van der Waals surface area contributed by atoms with Gasteiger partial charge in [-0.25, -0.2) is 4.39 Å². The predicted octanol–water partition coefficient (Wildman–Crippen LogP) is 6.15. The molecule has 5 aliphatic rings. The van der Waals surface area contributed by atoms with Crippen LogP contribution in [0, 0.1) is 17.8 Å². The molecule has 1 aromatic carbocycles. The van der Waals surface area contributed by atoms with E-state index >= 15 is 0 Å². The number of hydrogen-bond acceptors (Lipinski definition) is 7. The standard InChI is InChI=1S/C33H44BF4N3O5/c1-28(2,35)27-39-26(40-44-27)31-13-10-20(11-14-31)21(17-31)12-15-41(25(42)22-18-32(43,19-22)33(36,37)38)24-9-7-8-23(16-24)34-45-29(3,4)30(5,6)46-34/h7-9,16,20-22,43H,10-15,17-19H2,1-6H3. The van der Waals surface area contributed by atoms with Crippen LogP contribution in [0.2, 0.25) is 0 Å². The molecule has 1 N–H and O–H groups in total. The number of alkyl halides is 4. The molecule has 1 unspecified atom stereocenters. The zero-order chi connectivity index (χ0) is 33.5. The van der Waals surface area contributed by atoms with Crippen molar-refractivity contribution in [2.24, 2.45) is 17.8 Å². The van der Waals surface area contributed by atoms with Gasteiger partial charge in [-0.05, 0) is 122 Å². The Morgan fingerprint density at radius 1 is 1.04 bits per heavy atom. The maximum atomic E-state index is 14.6. The van der Waals surface area contributed by atoms with E-state index in [0.29, 0.717) is 35.9 Å². The van der Waals surface area contributed by atoms with E-state index in [1.807, 2.05) is 39.8 Å². The van der Waals surface area contributed by atoms with E-state index in [0.717, 1.165) is 32.1 Å². The number of halogens is 4. The van der Waals surface area contributed by atoms with Gasteiger partial charge in [0.2, 0.25) is 5.91 Å². The molecule has 46 heavy (non-hydrogen) atoms. The molecule has 1 amide bonds. The Bertz CT molecular complexity index is 1440. The van der Waals surface area contributed by atoms with Crippen LogP contribution in [0.3, 0.4) is 0 Å². The van der Waals surface area contributed by atoms with Crippen LogP contribution < -0.4 is 10.4 Å². The molecule has 4 aliphatic carbocycles. The minimum atomic E-state index is -4.80. The van der Waals surface area contributed by atoms with E-state index in [-0.39, 0.29) is 17.2 Å². The normalized spacial score (nSPS) is 32.0. The van der Waals surface area contributed by atoms with Crippen LogP contribution in [0.15, 0.2) is 28.8 Å². The third-order valence-corrected chi connectivity index (χ3v) is 11.5. The number of aromatic nitrogens is 2. The molecular weight excluding hydrogens is 605 g/mol. The third-order valence-electron chi connectivity index (χ3n) is 11.5. The van der Waals surface area contributed by atoms with Crippen molar-refractivity contribution < 1.29 is 41.3 Å². The maximum absolute atomic E-state index is 14.6. The highest BCUT2D eigenvalue weighted by Crippen LogP contribution is 2.55. The second-order valence-corrected chi connectivity index (χ2v) is 15.6. The average Bonchev–Trinajstić information content (AvgIpc) is 3.55. The minimum absolute atomic E-state index is 0.0425. The summed E-state index contributed by atoms with van der Waals surface area (Å²) in [4.78, 5) is 19.9. The smallest absolute Gasteiger partial charge is 0.399 e. The van der Waals surface area contributed by atoms with Crippen molar-refractivity contribution in [2.45, 2.75) is 127 Å². The quantitative estimate of drug-likeness (QED) is 0.271. The predicted molar refractivity (Wildman–Crippen MR) is 163 cm³/mol. The Hall–Kier alpha value is -2.51. The van der Waals surface area contributed by atoms with Gasteiger partial charge < -0.3 is 23.8 Å². The fourth-order valence-corrected chi connectivity index (χ4v) is 7.73. The number of carbonyl (C=O) groups excluding carboxylic acids is 1. The topological polar surface area (TPSA) is 97.9 Å². The number of hydrogen-bond donors (Lipinski definition) is 1. The molecule has 1 aliphatic heterocycles. The van der Waals surface area contributed by atoms with Gasteiger partial charge in [-0.1, -0.05) is 17.3 Å². The monoisotopic (exact) mass is 649 g/mol.